The summed E-state index contributed by atoms with van der Waals surface area (Å²) < 4.78 is 31.0. The predicted molar refractivity (Wildman–Crippen MR) is 89.7 cm³/mol. The number of nitrogens with one attached hydrogen (secondary N) is 3. The van der Waals surface area contributed by atoms with Crippen molar-refractivity contribution in [2.24, 2.45) is 0 Å². The maximum Gasteiger partial charge on any atom is 0.293 e. The van der Waals surface area contributed by atoms with Gasteiger partial charge in [0.2, 0.25) is 10.0 Å². The number of ether oxygens (including phenoxy) is 1. The Morgan fingerprint density at radius 2 is 2.21 bits per heavy atom. The first kappa shape index (κ1) is 18.6. The number of rotatable bonds is 8. The van der Waals surface area contributed by atoms with Gasteiger partial charge in [-0.05, 0) is 38.6 Å². The van der Waals surface area contributed by atoms with E-state index in [0.29, 0.717) is 13.2 Å². The molecule has 0 aromatic heterocycles. The zero-order valence-electron chi connectivity index (χ0n) is 13.7. The van der Waals surface area contributed by atoms with Gasteiger partial charge in [0.25, 0.3) is 5.69 Å². The molecule has 0 aliphatic carbocycles. The summed E-state index contributed by atoms with van der Waals surface area (Å²) in [5, 5.41) is 17.7. The molecule has 1 aromatic carbocycles. The topological polar surface area (TPSA) is 123 Å². The van der Waals surface area contributed by atoms with Crippen molar-refractivity contribution in [1.29, 1.82) is 0 Å². The molecule has 1 aromatic rings. The maximum atomic E-state index is 11.8. The van der Waals surface area contributed by atoms with Gasteiger partial charge in [-0.1, -0.05) is 0 Å². The quantitative estimate of drug-likeness (QED) is 0.461. The van der Waals surface area contributed by atoms with Crippen LogP contribution in [0.2, 0.25) is 0 Å². The van der Waals surface area contributed by atoms with E-state index in [1.165, 1.54) is 19.2 Å². The van der Waals surface area contributed by atoms with Gasteiger partial charge in [0.1, 0.15) is 5.69 Å². The molecule has 0 spiro atoms. The van der Waals surface area contributed by atoms with E-state index in [2.05, 4.69) is 15.4 Å². The Morgan fingerprint density at radius 1 is 1.46 bits per heavy atom. The third-order valence-electron chi connectivity index (χ3n) is 4.11. The van der Waals surface area contributed by atoms with Crippen LogP contribution in [0.25, 0.3) is 0 Å². The minimum absolute atomic E-state index is 0.146. The Kier molecular flexibility index (Phi) is 5.75. The van der Waals surface area contributed by atoms with Crippen molar-refractivity contribution in [3.8, 4) is 0 Å². The van der Waals surface area contributed by atoms with E-state index in [0.717, 1.165) is 25.5 Å². The monoisotopic (exact) mass is 358 g/mol. The SMILES string of the molecule is CNS(=O)(=O)c1ccc(NCC2(COC)CCCN2)c([N+](=O)[O-])c1. The molecule has 1 aliphatic heterocycles. The molecule has 1 aliphatic rings. The van der Waals surface area contributed by atoms with E-state index < -0.39 is 14.9 Å². The van der Waals surface area contributed by atoms with Crippen molar-refractivity contribution < 1.29 is 18.1 Å². The van der Waals surface area contributed by atoms with Crippen LogP contribution in [-0.4, -0.2) is 52.7 Å². The fourth-order valence-corrected chi connectivity index (χ4v) is 3.58. The Morgan fingerprint density at radius 3 is 2.75 bits per heavy atom. The molecule has 0 amide bonds. The van der Waals surface area contributed by atoms with Crippen LogP contribution in [0.3, 0.4) is 0 Å². The summed E-state index contributed by atoms with van der Waals surface area (Å²) in [6.07, 6.45) is 1.90. The second-order valence-electron chi connectivity index (χ2n) is 5.74. The standard InChI is InChI=1S/C14H22N4O5S/c1-15-24(21,22)11-4-5-12(13(8-11)18(19)20)16-9-14(10-23-2)6-3-7-17-14/h4-5,8,15-17H,3,6-7,9-10H2,1-2H3. The number of nitro groups is 1. The highest BCUT2D eigenvalue weighted by atomic mass is 32.2. The molecular formula is C14H22N4O5S. The Labute approximate surface area is 141 Å². The van der Waals surface area contributed by atoms with Crippen molar-refractivity contribution >= 4 is 21.4 Å². The van der Waals surface area contributed by atoms with Gasteiger partial charge < -0.3 is 15.4 Å². The molecule has 1 saturated heterocycles. The lowest BCUT2D eigenvalue weighted by Gasteiger charge is -2.29. The summed E-state index contributed by atoms with van der Waals surface area (Å²) in [5.41, 5.74) is -0.283. The molecule has 2 rings (SSSR count). The van der Waals surface area contributed by atoms with E-state index in [1.54, 1.807) is 7.11 Å². The zero-order chi connectivity index (χ0) is 17.8. The molecule has 134 valence electrons. The van der Waals surface area contributed by atoms with Crippen LogP contribution < -0.4 is 15.4 Å². The average molecular weight is 358 g/mol. The number of hydrogen-bond acceptors (Lipinski definition) is 7. The molecule has 1 fully saturated rings. The van der Waals surface area contributed by atoms with E-state index in [9.17, 15) is 18.5 Å². The highest BCUT2D eigenvalue weighted by Crippen LogP contribution is 2.29. The summed E-state index contributed by atoms with van der Waals surface area (Å²) >= 11 is 0. The molecule has 1 unspecified atom stereocenters. The summed E-state index contributed by atoms with van der Waals surface area (Å²) in [6, 6.07) is 3.81. The number of nitro benzene ring substituents is 1. The number of benzene rings is 1. The summed E-state index contributed by atoms with van der Waals surface area (Å²) in [4.78, 5) is 10.6. The van der Waals surface area contributed by atoms with Gasteiger partial charge in [0.05, 0.1) is 22.0 Å². The van der Waals surface area contributed by atoms with Crippen LogP contribution >= 0.6 is 0 Å². The van der Waals surface area contributed by atoms with Crippen LogP contribution in [0, 0.1) is 10.1 Å². The fourth-order valence-electron chi connectivity index (χ4n) is 2.83. The van der Waals surface area contributed by atoms with E-state index in [-0.39, 0.29) is 21.8 Å². The molecule has 9 nitrogen and oxygen atoms in total. The first-order chi connectivity index (χ1) is 11.3. The maximum absolute atomic E-state index is 11.8. The highest BCUT2D eigenvalue weighted by Gasteiger charge is 2.34. The van der Waals surface area contributed by atoms with Gasteiger partial charge in [0, 0.05) is 19.7 Å². The molecule has 3 N–H and O–H groups in total. The van der Waals surface area contributed by atoms with Crippen LogP contribution in [0.4, 0.5) is 11.4 Å². The third kappa shape index (κ3) is 4.01. The van der Waals surface area contributed by atoms with Gasteiger partial charge in [0.15, 0.2) is 0 Å². The van der Waals surface area contributed by atoms with Crippen molar-refractivity contribution in [1.82, 2.24) is 10.0 Å². The van der Waals surface area contributed by atoms with Crippen molar-refractivity contribution in [3.63, 3.8) is 0 Å². The summed E-state index contributed by atoms with van der Waals surface area (Å²) in [5.74, 6) is 0. The molecule has 1 heterocycles. The van der Waals surface area contributed by atoms with Gasteiger partial charge in [-0.15, -0.1) is 0 Å². The van der Waals surface area contributed by atoms with E-state index in [1.807, 2.05) is 0 Å². The average Bonchev–Trinajstić information content (AvgIpc) is 3.02. The number of methoxy groups -OCH3 is 1. The number of anilines is 1. The first-order valence-electron chi connectivity index (χ1n) is 7.53. The normalized spacial score (nSPS) is 20.9. The minimum atomic E-state index is -3.74. The van der Waals surface area contributed by atoms with Crippen molar-refractivity contribution in [2.75, 3.05) is 39.2 Å². The van der Waals surface area contributed by atoms with Crippen LogP contribution in [0.15, 0.2) is 23.1 Å². The first-order valence-corrected chi connectivity index (χ1v) is 9.02. The largest absolute Gasteiger partial charge is 0.383 e. The molecule has 10 heteroatoms. The lowest BCUT2D eigenvalue weighted by atomic mass is 9.98. The Balaban J connectivity index is 2.25. The van der Waals surface area contributed by atoms with Crippen molar-refractivity contribution in [2.45, 2.75) is 23.3 Å². The van der Waals surface area contributed by atoms with Gasteiger partial charge in [-0.3, -0.25) is 10.1 Å². The minimum Gasteiger partial charge on any atom is -0.383 e. The Hall–Kier alpha value is -1.75. The predicted octanol–water partition coefficient (Wildman–Crippen LogP) is 0.683. The van der Waals surface area contributed by atoms with Crippen molar-refractivity contribution in [3.05, 3.63) is 28.3 Å². The summed E-state index contributed by atoms with van der Waals surface area (Å²) in [6.45, 7) is 1.80. The van der Waals surface area contributed by atoms with Gasteiger partial charge >= 0.3 is 0 Å². The van der Waals surface area contributed by atoms with E-state index >= 15 is 0 Å². The number of hydrogen-bond donors (Lipinski definition) is 3. The molecule has 0 radical (unpaired) electrons. The van der Waals surface area contributed by atoms with Gasteiger partial charge in [-0.25, -0.2) is 13.1 Å². The lowest BCUT2D eigenvalue weighted by molar-refractivity contribution is -0.384. The number of nitrogens with zero attached hydrogens (tertiary/aromatic N) is 1. The molecule has 24 heavy (non-hydrogen) atoms. The smallest absolute Gasteiger partial charge is 0.293 e. The molecule has 1 atom stereocenters. The Bertz CT molecular complexity index is 701. The molecular weight excluding hydrogens is 336 g/mol. The molecule has 0 bridgehead atoms. The lowest BCUT2D eigenvalue weighted by Crippen LogP contribution is -2.49. The fraction of sp³-hybridized carbons (Fsp3) is 0.571. The summed E-state index contributed by atoms with van der Waals surface area (Å²) in [7, 11) is -0.867. The van der Waals surface area contributed by atoms with Gasteiger partial charge in [-0.2, -0.15) is 0 Å². The van der Waals surface area contributed by atoms with Crippen LogP contribution in [0.5, 0.6) is 0 Å². The third-order valence-corrected chi connectivity index (χ3v) is 5.53. The van der Waals surface area contributed by atoms with E-state index in [4.69, 9.17) is 4.74 Å². The van der Waals surface area contributed by atoms with Crippen LogP contribution in [0.1, 0.15) is 12.8 Å². The molecule has 0 saturated carbocycles. The highest BCUT2D eigenvalue weighted by molar-refractivity contribution is 7.89. The van der Waals surface area contributed by atoms with Crippen LogP contribution in [-0.2, 0) is 14.8 Å². The second kappa shape index (κ2) is 7.43. The second-order valence-corrected chi connectivity index (χ2v) is 7.63. The number of sulfonamides is 1. The zero-order valence-corrected chi connectivity index (χ0v) is 14.5.